The Morgan fingerprint density at radius 2 is 2.26 bits per heavy atom. The number of pyridine rings is 1. The summed E-state index contributed by atoms with van der Waals surface area (Å²) in [5.41, 5.74) is 1.74. The summed E-state index contributed by atoms with van der Waals surface area (Å²) in [6.45, 7) is -0.233. The summed E-state index contributed by atoms with van der Waals surface area (Å²) in [5, 5.41) is 23.2. The minimum Gasteiger partial charge on any atom is -0.481 e. The lowest BCUT2D eigenvalue weighted by atomic mass is 10.1. The topological polar surface area (TPSA) is 84.1 Å². The maximum atomic E-state index is 11.5. The van der Waals surface area contributed by atoms with Crippen molar-refractivity contribution in [2.45, 2.75) is 25.4 Å². The van der Waals surface area contributed by atoms with Crippen LogP contribution in [0.5, 0.6) is 5.88 Å². The van der Waals surface area contributed by atoms with Crippen LogP contribution < -0.4 is 4.74 Å². The van der Waals surface area contributed by atoms with Gasteiger partial charge in [0.15, 0.2) is 0 Å². The van der Waals surface area contributed by atoms with Gasteiger partial charge in [-0.3, -0.25) is 0 Å². The SMILES string of the molecule is COc1ccc(CO)c2c(C(=O)O)c(C3CC3)nn12. The zero-order valence-electron chi connectivity index (χ0n) is 10.5. The first-order chi connectivity index (χ1) is 9.17. The van der Waals surface area contributed by atoms with Crippen LogP contribution in [0.25, 0.3) is 5.52 Å². The highest BCUT2D eigenvalue weighted by atomic mass is 16.5. The molecule has 3 rings (SSSR count). The molecule has 19 heavy (non-hydrogen) atoms. The lowest BCUT2D eigenvalue weighted by molar-refractivity contribution is 0.0697. The second kappa shape index (κ2) is 4.24. The highest BCUT2D eigenvalue weighted by molar-refractivity contribution is 5.98. The molecule has 1 saturated carbocycles. The van der Waals surface area contributed by atoms with E-state index >= 15 is 0 Å². The maximum Gasteiger partial charge on any atom is 0.339 e. The Labute approximate surface area is 109 Å². The Morgan fingerprint density at radius 3 is 2.79 bits per heavy atom. The van der Waals surface area contributed by atoms with E-state index in [9.17, 15) is 15.0 Å². The zero-order valence-corrected chi connectivity index (χ0v) is 10.5. The molecule has 0 bridgehead atoms. The van der Waals surface area contributed by atoms with E-state index in [1.54, 1.807) is 12.1 Å². The second-order valence-corrected chi connectivity index (χ2v) is 4.66. The van der Waals surface area contributed by atoms with Crippen LogP contribution in [-0.2, 0) is 6.61 Å². The maximum absolute atomic E-state index is 11.5. The number of carbonyl (C=O) groups is 1. The highest BCUT2D eigenvalue weighted by Crippen LogP contribution is 2.42. The van der Waals surface area contributed by atoms with Gasteiger partial charge >= 0.3 is 5.97 Å². The van der Waals surface area contributed by atoms with E-state index in [0.717, 1.165) is 12.8 Å². The second-order valence-electron chi connectivity index (χ2n) is 4.66. The molecule has 0 atom stereocenters. The van der Waals surface area contributed by atoms with Gasteiger partial charge in [0.1, 0.15) is 5.56 Å². The molecule has 6 nitrogen and oxygen atoms in total. The zero-order chi connectivity index (χ0) is 13.6. The number of hydrogen-bond donors (Lipinski definition) is 2. The number of ether oxygens (including phenoxy) is 1. The van der Waals surface area contributed by atoms with Gasteiger partial charge in [-0.2, -0.15) is 9.61 Å². The van der Waals surface area contributed by atoms with Gasteiger partial charge in [0.2, 0.25) is 5.88 Å². The molecule has 0 amide bonds. The molecule has 0 spiro atoms. The fourth-order valence-electron chi connectivity index (χ4n) is 2.35. The standard InChI is InChI=1S/C13H14N2O4/c1-19-9-5-4-8(6-16)12-10(13(17)18)11(7-2-3-7)14-15(9)12/h4-5,7,16H,2-3,6H2,1H3,(H,17,18). The number of hydrogen-bond acceptors (Lipinski definition) is 4. The number of aromatic carboxylic acids is 1. The Bertz CT molecular complexity index is 658. The fraction of sp³-hybridized carbons (Fsp3) is 0.385. The molecule has 1 aliphatic rings. The van der Waals surface area contributed by atoms with E-state index in [0.29, 0.717) is 22.7 Å². The van der Waals surface area contributed by atoms with Gasteiger partial charge in [0, 0.05) is 17.5 Å². The van der Waals surface area contributed by atoms with Crippen LogP contribution in [0.1, 0.15) is 40.4 Å². The number of carboxylic acids is 1. The molecule has 0 unspecified atom stereocenters. The molecular formula is C13H14N2O4. The quantitative estimate of drug-likeness (QED) is 0.870. The van der Waals surface area contributed by atoms with Crippen LogP contribution in [0.15, 0.2) is 12.1 Å². The number of nitrogens with zero attached hydrogens (tertiary/aromatic N) is 2. The largest absolute Gasteiger partial charge is 0.481 e. The highest BCUT2D eigenvalue weighted by Gasteiger charge is 2.34. The van der Waals surface area contributed by atoms with Gasteiger partial charge in [0.05, 0.1) is 24.9 Å². The van der Waals surface area contributed by atoms with Crippen molar-refractivity contribution in [3.05, 3.63) is 29.0 Å². The first kappa shape index (κ1) is 12.0. The Morgan fingerprint density at radius 1 is 1.53 bits per heavy atom. The Kier molecular flexibility index (Phi) is 2.67. The van der Waals surface area contributed by atoms with Crippen LogP contribution in [0.4, 0.5) is 0 Å². The predicted octanol–water partition coefficient (Wildman–Crippen LogP) is 1.41. The molecule has 1 fully saturated rings. The number of aliphatic hydroxyl groups is 1. The van der Waals surface area contributed by atoms with Gasteiger partial charge in [-0.05, 0) is 18.9 Å². The van der Waals surface area contributed by atoms with Crippen molar-refractivity contribution in [2.24, 2.45) is 0 Å². The van der Waals surface area contributed by atoms with Crippen molar-refractivity contribution >= 4 is 11.5 Å². The summed E-state index contributed by atoms with van der Waals surface area (Å²) in [6.07, 6.45) is 1.92. The minimum atomic E-state index is -1.01. The lowest BCUT2D eigenvalue weighted by Gasteiger charge is -2.06. The van der Waals surface area contributed by atoms with E-state index < -0.39 is 5.97 Å². The molecule has 0 aromatic carbocycles. The Hall–Kier alpha value is -2.08. The number of fused-ring (bicyclic) bond motifs is 1. The van der Waals surface area contributed by atoms with Crippen molar-refractivity contribution in [1.29, 1.82) is 0 Å². The van der Waals surface area contributed by atoms with Crippen molar-refractivity contribution in [2.75, 3.05) is 7.11 Å². The summed E-state index contributed by atoms with van der Waals surface area (Å²) in [6, 6.07) is 3.34. The first-order valence-corrected chi connectivity index (χ1v) is 6.10. The average Bonchev–Trinajstić information content (AvgIpc) is 3.16. The number of methoxy groups -OCH3 is 1. The molecule has 0 saturated heterocycles. The first-order valence-electron chi connectivity index (χ1n) is 6.10. The fourth-order valence-corrected chi connectivity index (χ4v) is 2.35. The van der Waals surface area contributed by atoms with Crippen molar-refractivity contribution < 1.29 is 19.7 Å². The summed E-state index contributed by atoms with van der Waals surface area (Å²) < 4.78 is 6.68. The minimum absolute atomic E-state index is 0.186. The molecule has 2 heterocycles. The number of rotatable bonds is 4. The monoisotopic (exact) mass is 262 g/mol. The molecule has 2 aromatic rings. The third kappa shape index (κ3) is 1.76. The average molecular weight is 262 g/mol. The lowest BCUT2D eigenvalue weighted by Crippen LogP contribution is -2.02. The number of aliphatic hydroxyl groups excluding tert-OH is 1. The van der Waals surface area contributed by atoms with Crippen LogP contribution in [-0.4, -0.2) is 32.9 Å². The Balaban J connectivity index is 2.38. The van der Waals surface area contributed by atoms with E-state index in [-0.39, 0.29) is 18.1 Å². The van der Waals surface area contributed by atoms with Gasteiger partial charge < -0.3 is 14.9 Å². The number of carboxylic acid groups (broad SMARTS) is 1. The van der Waals surface area contributed by atoms with E-state index in [1.165, 1.54) is 11.6 Å². The normalized spacial score (nSPS) is 14.8. The summed E-state index contributed by atoms with van der Waals surface area (Å²) >= 11 is 0. The molecular weight excluding hydrogens is 248 g/mol. The molecule has 1 aliphatic carbocycles. The molecule has 0 aliphatic heterocycles. The third-order valence-electron chi connectivity index (χ3n) is 3.41. The van der Waals surface area contributed by atoms with Crippen LogP contribution in [0, 0.1) is 0 Å². The number of aromatic nitrogens is 2. The van der Waals surface area contributed by atoms with E-state index in [1.807, 2.05) is 0 Å². The molecule has 100 valence electrons. The molecule has 0 radical (unpaired) electrons. The predicted molar refractivity (Wildman–Crippen MR) is 66.6 cm³/mol. The molecule has 2 aromatic heterocycles. The summed E-state index contributed by atoms with van der Waals surface area (Å²) in [5.74, 6) is -0.344. The van der Waals surface area contributed by atoms with Crippen LogP contribution in [0.3, 0.4) is 0 Å². The van der Waals surface area contributed by atoms with E-state index in [4.69, 9.17) is 4.74 Å². The third-order valence-corrected chi connectivity index (χ3v) is 3.41. The van der Waals surface area contributed by atoms with Gasteiger partial charge in [0.25, 0.3) is 0 Å². The van der Waals surface area contributed by atoms with Gasteiger partial charge in [-0.25, -0.2) is 4.79 Å². The van der Waals surface area contributed by atoms with Gasteiger partial charge in [-0.15, -0.1) is 0 Å². The summed E-state index contributed by atoms with van der Waals surface area (Å²) in [7, 11) is 1.51. The van der Waals surface area contributed by atoms with Crippen LogP contribution in [0.2, 0.25) is 0 Å². The van der Waals surface area contributed by atoms with Crippen molar-refractivity contribution in [3.63, 3.8) is 0 Å². The molecule has 2 N–H and O–H groups in total. The smallest absolute Gasteiger partial charge is 0.339 e. The van der Waals surface area contributed by atoms with Crippen molar-refractivity contribution in [1.82, 2.24) is 9.61 Å². The molecule has 6 heteroatoms. The summed E-state index contributed by atoms with van der Waals surface area (Å²) in [4.78, 5) is 11.5. The van der Waals surface area contributed by atoms with Gasteiger partial charge in [-0.1, -0.05) is 0 Å². The van der Waals surface area contributed by atoms with Crippen LogP contribution >= 0.6 is 0 Å². The van der Waals surface area contributed by atoms with Crippen molar-refractivity contribution in [3.8, 4) is 5.88 Å². The van der Waals surface area contributed by atoms with E-state index in [2.05, 4.69) is 5.10 Å².